The van der Waals surface area contributed by atoms with Crippen LogP contribution in [0.5, 0.6) is 40.2 Å². The molecule has 0 bridgehead atoms. The summed E-state index contributed by atoms with van der Waals surface area (Å²) in [6.07, 6.45) is -9.19. The quantitative estimate of drug-likeness (QED) is 0.109. The fraction of sp³-hybridized carbons (Fsp3) is 0.214. The van der Waals surface area contributed by atoms with Crippen molar-refractivity contribution in [1.82, 2.24) is 0 Å². The monoisotopic (exact) mass is 600 g/mol. The Hall–Kier alpha value is -5.22. The molecule has 0 aliphatic carbocycles. The lowest BCUT2D eigenvalue weighted by Gasteiger charge is -2.39. The normalized spacial score (nSPS) is 21.9. The number of phenolic OH excluding ortho intramolecular Hbond substituents is 6. The number of phenols is 6. The number of aromatic hydroxyl groups is 6. The maximum atomic E-state index is 13.5. The number of benzene rings is 3. The van der Waals surface area contributed by atoms with E-state index in [0.29, 0.717) is 0 Å². The SMILES string of the molecule is O=C(OC[C@H]1OC(Oc2c(-c3ccc(O)cc3)oc3cc(O)cc(O)c3c2=O)C(O)C(O)C1O)c1cc(O)c(O)c(O)c1. The van der Waals surface area contributed by atoms with Gasteiger partial charge in [0.1, 0.15) is 59.2 Å². The van der Waals surface area contributed by atoms with Gasteiger partial charge in [-0.15, -0.1) is 0 Å². The molecule has 1 aliphatic rings. The Morgan fingerprint density at radius 2 is 1.44 bits per heavy atom. The molecule has 1 aliphatic heterocycles. The molecule has 2 heterocycles. The Morgan fingerprint density at radius 3 is 2.09 bits per heavy atom. The van der Waals surface area contributed by atoms with Gasteiger partial charge in [-0.25, -0.2) is 4.79 Å². The largest absolute Gasteiger partial charge is 0.508 e. The molecule has 1 fully saturated rings. The van der Waals surface area contributed by atoms with Crippen LogP contribution in [0.15, 0.2) is 57.7 Å². The third-order valence-electron chi connectivity index (χ3n) is 6.63. The van der Waals surface area contributed by atoms with Crippen molar-refractivity contribution < 1.29 is 69.4 Å². The molecule has 43 heavy (non-hydrogen) atoms. The molecule has 15 heteroatoms. The van der Waals surface area contributed by atoms with E-state index >= 15 is 0 Å². The van der Waals surface area contributed by atoms with Gasteiger partial charge in [0.15, 0.2) is 23.0 Å². The van der Waals surface area contributed by atoms with E-state index < -0.39 is 88.6 Å². The van der Waals surface area contributed by atoms with Gasteiger partial charge in [-0.1, -0.05) is 0 Å². The molecule has 0 saturated carbocycles. The summed E-state index contributed by atoms with van der Waals surface area (Å²) >= 11 is 0. The number of aliphatic hydroxyl groups excluding tert-OH is 3. The third kappa shape index (κ3) is 5.52. The number of rotatable bonds is 6. The summed E-state index contributed by atoms with van der Waals surface area (Å²) in [6.45, 7) is -0.761. The summed E-state index contributed by atoms with van der Waals surface area (Å²) in [6, 6.07) is 8.81. The second kappa shape index (κ2) is 11.2. The minimum atomic E-state index is -1.97. The highest BCUT2D eigenvalue weighted by molar-refractivity contribution is 5.91. The smallest absolute Gasteiger partial charge is 0.338 e. The molecule has 4 unspecified atom stereocenters. The first-order valence-corrected chi connectivity index (χ1v) is 12.5. The van der Waals surface area contributed by atoms with Crippen LogP contribution >= 0.6 is 0 Å². The van der Waals surface area contributed by atoms with Crippen molar-refractivity contribution in [2.45, 2.75) is 30.7 Å². The van der Waals surface area contributed by atoms with Crippen LogP contribution in [0.3, 0.4) is 0 Å². The van der Waals surface area contributed by atoms with Gasteiger partial charge in [0.2, 0.25) is 17.5 Å². The average molecular weight is 600 g/mol. The van der Waals surface area contributed by atoms with Crippen LogP contribution in [-0.2, 0) is 9.47 Å². The third-order valence-corrected chi connectivity index (χ3v) is 6.63. The van der Waals surface area contributed by atoms with Gasteiger partial charge in [-0.3, -0.25) is 4.79 Å². The molecule has 3 aromatic carbocycles. The van der Waals surface area contributed by atoms with Crippen molar-refractivity contribution in [3.63, 3.8) is 0 Å². The summed E-state index contributed by atoms with van der Waals surface area (Å²) in [5.74, 6) is -5.74. The zero-order chi connectivity index (χ0) is 31.2. The number of hydrogen-bond acceptors (Lipinski definition) is 15. The standard InChI is InChI=1S/C28H24O15/c29-12-3-1-10(2-4-12)25-26(22(36)19-14(31)7-13(30)8-17(19)41-25)43-28-24(38)23(37)21(35)18(42-28)9-40-27(39)11-5-15(32)20(34)16(33)6-11/h1-8,18,21,23-24,28-35,37-38H,9H2/t18-,21?,23?,24?,28?/m1/s1. The lowest BCUT2D eigenvalue weighted by atomic mass is 9.99. The molecule has 1 saturated heterocycles. The van der Waals surface area contributed by atoms with Gasteiger partial charge in [0.25, 0.3) is 0 Å². The number of ether oxygens (including phenoxy) is 3. The zero-order valence-electron chi connectivity index (χ0n) is 21.7. The summed E-state index contributed by atoms with van der Waals surface area (Å²) in [7, 11) is 0. The number of hydrogen-bond donors (Lipinski definition) is 9. The van der Waals surface area contributed by atoms with Crippen molar-refractivity contribution >= 4 is 16.9 Å². The average Bonchev–Trinajstić information content (AvgIpc) is 2.96. The van der Waals surface area contributed by atoms with Gasteiger partial charge in [-0.05, 0) is 36.4 Å². The van der Waals surface area contributed by atoms with Crippen LogP contribution in [-0.4, -0.2) is 89.2 Å². The minimum absolute atomic E-state index is 0.122. The number of aliphatic hydroxyl groups is 3. The number of fused-ring (bicyclic) bond motifs is 1. The maximum Gasteiger partial charge on any atom is 0.338 e. The van der Waals surface area contributed by atoms with Gasteiger partial charge in [0, 0.05) is 17.7 Å². The van der Waals surface area contributed by atoms with Crippen molar-refractivity contribution in [2.24, 2.45) is 0 Å². The van der Waals surface area contributed by atoms with Crippen molar-refractivity contribution in [2.75, 3.05) is 6.61 Å². The Morgan fingerprint density at radius 1 is 0.791 bits per heavy atom. The molecule has 15 nitrogen and oxygen atoms in total. The van der Waals surface area contributed by atoms with Crippen LogP contribution in [0.25, 0.3) is 22.3 Å². The molecule has 0 spiro atoms. The molecule has 1 aromatic heterocycles. The van der Waals surface area contributed by atoms with Gasteiger partial charge < -0.3 is 64.6 Å². The Labute approximate surface area is 239 Å². The van der Waals surface area contributed by atoms with Crippen molar-refractivity contribution in [1.29, 1.82) is 0 Å². The second-order valence-electron chi connectivity index (χ2n) is 9.57. The van der Waals surface area contributed by atoms with Gasteiger partial charge in [0.05, 0.1) is 5.56 Å². The first-order valence-electron chi connectivity index (χ1n) is 12.5. The fourth-order valence-corrected chi connectivity index (χ4v) is 4.41. The first kappa shape index (κ1) is 29.3. The predicted molar refractivity (Wildman–Crippen MR) is 142 cm³/mol. The van der Waals surface area contributed by atoms with Crippen LogP contribution in [0.4, 0.5) is 0 Å². The highest BCUT2D eigenvalue weighted by Crippen LogP contribution is 2.38. The van der Waals surface area contributed by atoms with Crippen LogP contribution in [0, 0.1) is 0 Å². The van der Waals surface area contributed by atoms with E-state index in [1.165, 1.54) is 24.3 Å². The molecule has 4 aromatic rings. The lowest BCUT2D eigenvalue weighted by Crippen LogP contribution is -2.60. The predicted octanol–water partition coefficient (Wildman–Crippen LogP) is 0.737. The zero-order valence-corrected chi connectivity index (χ0v) is 21.7. The second-order valence-corrected chi connectivity index (χ2v) is 9.57. The van der Waals surface area contributed by atoms with E-state index in [1.54, 1.807) is 0 Å². The molecular formula is C28H24O15. The molecule has 5 atom stereocenters. The van der Waals surface area contributed by atoms with E-state index in [0.717, 1.165) is 24.3 Å². The summed E-state index contributed by atoms with van der Waals surface area (Å²) in [5.41, 5.74) is -1.43. The first-order chi connectivity index (χ1) is 20.3. The van der Waals surface area contributed by atoms with E-state index in [2.05, 4.69) is 0 Å². The molecular weight excluding hydrogens is 576 g/mol. The molecule has 9 N–H and O–H groups in total. The maximum absolute atomic E-state index is 13.5. The van der Waals surface area contributed by atoms with E-state index in [9.17, 15) is 55.5 Å². The number of carbonyl (C=O) groups is 1. The molecule has 5 rings (SSSR count). The lowest BCUT2D eigenvalue weighted by molar-refractivity contribution is -0.277. The molecule has 0 radical (unpaired) electrons. The van der Waals surface area contributed by atoms with Crippen LogP contribution in [0.2, 0.25) is 0 Å². The van der Waals surface area contributed by atoms with Gasteiger partial charge in [-0.2, -0.15) is 0 Å². The topological polar surface area (TPSA) is 257 Å². The summed E-state index contributed by atoms with van der Waals surface area (Å²) in [5, 5.41) is 89.8. The minimum Gasteiger partial charge on any atom is -0.508 e. The van der Waals surface area contributed by atoms with E-state index in [4.69, 9.17) is 18.6 Å². The van der Waals surface area contributed by atoms with E-state index in [-0.39, 0.29) is 28.2 Å². The Balaban J connectivity index is 1.47. The Kier molecular flexibility index (Phi) is 7.64. The van der Waals surface area contributed by atoms with Crippen molar-refractivity contribution in [3.05, 3.63) is 64.3 Å². The molecule has 0 amide bonds. The van der Waals surface area contributed by atoms with Crippen LogP contribution < -0.4 is 10.2 Å². The Bertz CT molecular complexity index is 1720. The van der Waals surface area contributed by atoms with Gasteiger partial charge >= 0.3 is 5.97 Å². The number of esters is 1. The summed E-state index contributed by atoms with van der Waals surface area (Å²) in [4.78, 5) is 26.0. The van der Waals surface area contributed by atoms with E-state index in [1.807, 2.05) is 0 Å². The fourth-order valence-electron chi connectivity index (χ4n) is 4.41. The highest BCUT2D eigenvalue weighted by atomic mass is 16.7. The van der Waals surface area contributed by atoms with Crippen LogP contribution in [0.1, 0.15) is 10.4 Å². The number of carbonyl (C=O) groups excluding carboxylic acids is 1. The summed E-state index contributed by atoms with van der Waals surface area (Å²) < 4.78 is 22.0. The van der Waals surface area contributed by atoms with Crippen molar-refractivity contribution in [3.8, 4) is 51.6 Å². The molecule has 226 valence electrons. The highest BCUT2D eigenvalue weighted by Gasteiger charge is 2.46.